The lowest BCUT2D eigenvalue weighted by Crippen LogP contribution is -2.14. The van der Waals surface area contributed by atoms with E-state index in [-0.39, 0.29) is 5.92 Å². The Morgan fingerprint density at radius 1 is 0.923 bits per heavy atom. The molecule has 1 saturated carbocycles. The van der Waals surface area contributed by atoms with Crippen LogP contribution in [0, 0.1) is 29.4 Å². The van der Waals surface area contributed by atoms with Gasteiger partial charge in [-0.15, -0.1) is 5.92 Å². The van der Waals surface area contributed by atoms with Crippen LogP contribution in [0.15, 0.2) is 36.4 Å². The second-order valence-electron chi connectivity index (χ2n) is 7.29. The van der Waals surface area contributed by atoms with Gasteiger partial charge in [0.2, 0.25) is 0 Å². The Balaban J connectivity index is 1.81. The summed E-state index contributed by atoms with van der Waals surface area (Å²) in [6, 6.07) is 10.8. The fourth-order valence-electron chi connectivity index (χ4n) is 4.15. The molecule has 0 aliphatic heterocycles. The molecule has 136 valence electrons. The first kappa shape index (κ1) is 18.6. The van der Waals surface area contributed by atoms with E-state index in [1.54, 1.807) is 31.2 Å². The van der Waals surface area contributed by atoms with Gasteiger partial charge in [-0.2, -0.15) is 0 Å². The van der Waals surface area contributed by atoms with Crippen LogP contribution in [0.2, 0.25) is 0 Å². The summed E-state index contributed by atoms with van der Waals surface area (Å²) >= 11 is 0. The van der Waals surface area contributed by atoms with Gasteiger partial charge in [0.25, 0.3) is 0 Å². The van der Waals surface area contributed by atoms with E-state index in [0.29, 0.717) is 16.7 Å². The Morgan fingerprint density at radius 2 is 1.62 bits per heavy atom. The molecule has 0 nitrogen and oxygen atoms in total. The fourth-order valence-corrected chi connectivity index (χ4v) is 4.15. The Morgan fingerprint density at radius 3 is 2.23 bits per heavy atom. The average Bonchev–Trinajstić information content (AvgIpc) is 2.66. The minimum Gasteiger partial charge on any atom is -0.203 e. The molecule has 0 aromatic heterocycles. The van der Waals surface area contributed by atoms with Crippen molar-refractivity contribution in [3.63, 3.8) is 0 Å². The lowest BCUT2D eigenvalue weighted by atomic mass is 9.77. The van der Waals surface area contributed by atoms with Crippen molar-refractivity contribution in [2.75, 3.05) is 0 Å². The van der Waals surface area contributed by atoms with Crippen LogP contribution in [0.25, 0.3) is 11.1 Å². The maximum absolute atomic E-state index is 14.8. The van der Waals surface area contributed by atoms with E-state index in [0.717, 1.165) is 37.2 Å². The SMILES string of the molecule is CC#Cc1ccc(-c2ccc(C3CCC(CCC)CC3)c(F)c2F)cc1. The molecule has 0 amide bonds. The van der Waals surface area contributed by atoms with Crippen molar-refractivity contribution in [2.45, 2.75) is 58.3 Å². The molecule has 3 rings (SSSR count). The molecule has 1 aliphatic rings. The largest absolute Gasteiger partial charge is 0.203 e. The minimum absolute atomic E-state index is 0.147. The van der Waals surface area contributed by atoms with Gasteiger partial charge in [-0.3, -0.25) is 0 Å². The third-order valence-electron chi connectivity index (χ3n) is 5.56. The smallest absolute Gasteiger partial charge is 0.166 e. The van der Waals surface area contributed by atoms with Gasteiger partial charge in [-0.25, -0.2) is 8.78 Å². The predicted octanol–water partition coefficient (Wildman–Crippen LogP) is 7.08. The molecule has 0 N–H and O–H groups in total. The highest BCUT2D eigenvalue weighted by Crippen LogP contribution is 2.40. The molecule has 2 heteroatoms. The number of benzene rings is 2. The minimum atomic E-state index is -0.729. The third kappa shape index (κ3) is 3.98. The summed E-state index contributed by atoms with van der Waals surface area (Å²) in [5, 5.41) is 0. The number of hydrogen-bond donors (Lipinski definition) is 0. The molecule has 0 atom stereocenters. The van der Waals surface area contributed by atoms with Crippen LogP contribution >= 0.6 is 0 Å². The van der Waals surface area contributed by atoms with Gasteiger partial charge < -0.3 is 0 Å². The molecule has 0 saturated heterocycles. The van der Waals surface area contributed by atoms with Gasteiger partial charge in [-0.05, 0) is 67.7 Å². The zero-order valence-corrected chi connectivity index (χ0v) is 15.6. The van der Waals surface area contributed by atoms with E-state index in [1.165, 1.54) is 12.8 Å². The number of halogens is 2. The third-order valence-corrected chi connectivity index (χ3v) is 5.56. The first-order valence-corrected chi connectivity index (χ1v) is 9.65. The van der Waals surface area contributed by atoms with Crippen LogP contribution in [-0.4, -0.2) is 0 Å². The van der Waals surface area contributed by atoms with Gasteiger partial charge in [0.15, 0.2) is 11.6 Å². The Bertz CT molecular complexity index is 801. The van der Waals surface area contributed by atoms with Crippen molar-refractivity contribution >= 4 is 0 Å². The first-order valence-electron chi connectivity index (χ1n) is 9.65. The molecule has 0 heterocycles. The van der Waals surface area contributed by atoms with Crippen molar-refractivity contribution in [3.05, 3.63) is 59.2 Å². The summed E-state index contributed by atoms with van der Waals surface area (Å²) < 4.78 is 29.5. The molecule has 2 aromatic rings. The quantitative estimate of drug-likeness (QED) is 0.516. The summed E-state index contributed by atoms with van der Waals surface area (Å²) in [6.45, 7) is 3.98. The van der Waals surface area contributed by atoms with Crippen LogP contribution in [0.1, 0.15) is 69.4 Å². The monoisotopic (exact) mass is 352 g/mol. The molecule has 26 heavy (non-hydrogen) atoms. The van der Waals surface area contributed by atoms with Gasteiger partial charge in [0, 0.05) is 11.1 Å². The van der Waals surface area contributed by atoms with E-state index in [4.69, 9.17) is 0 Å². The van der Waals surface area contributed by atoms with Crippen LogP contribution < -0.4 is 0 Å². The lowest BCUT2D eigenvalue weighted by Gasteiger charge is -2.29. The standard InChI is InChI=1S/C24H26F2/c1-3-5-17-7-11-19(12-8-17)21-15-16-22(24(26)23(21)25)20-13-9-18(6-4-2)10-14-20/h9-10,13-17,19H,3,5,7-8,11-12H2,1-2H3. The highest BCUT2D eigenvalue weighted by Gasteiger charge is 2.26. The van der Waals surface area contributed by atoms with E-state index in [2.05, 4.69) is 18.8 Å². The highest BCUT2D eigenvalue weighted by atomic mass is 19.2. The Hall–Kier alpha value is -2.14. The molecular formula is C24H26F2. The van der Waals surface area contributed by atoms with Crippen molar-refractivity contribution in [3.8, 4) is 23.0 Å². The first-order chi connectivity index (χ1) is 12.6. The van der Waals surface area contributed by atoms with Crippen LogP contribution in [0.4, 0.5) is 8.78 Å². The second-order valence-corrected chi connectivity index (χ2v) is 7.29. The van der Waals surface area contributed by atoms with Gasteiger partial charge in [0.05, 0.1) is 0 Å². The molecule has 0 spiro atoms. The molecule has 2 aromatic carbocycles. The van der Waals surface area contributed by atoms with Crippen molar-refractivity contribution in [2.24, 2.45) is 5.92 Å². The maximum Gasteiger partial charge on any atom is 0.166 e. The summed E-state index contributed by atoms with van der Waals surface area (Å²) in [7, 11) is 0. The van der Waals surface area contributed by atoms with E-state index in [9.17, 15) is 8.78 Å². The second kappa shape index (κ2) is 8.49. The van der Waals surface area contributed by atoms with E-state index >= 15 is 0 Å². The van der Waals surface area contributed by atoms with Gasteiger partial charge in [0.1, 0.15) is 0 Å². The zero-order valence-electron chi connectivity index (χ0n) is 15.6. The molecule has 0 radical (unpaired) electrons. The predicted molar refractivity (Wildman–Crippen MR) is 104 cm³/mol. The highest BCUT2D eigenvalue weighted by molar-refractivity contribution is 5.65. The van der Waals surface area contributed by atoms with Crippen molar-refractivity contribution in [1.29, 1.82) is 0 Å². The topological polar surface area (TPSA) is 0 Å². The maximum atomic E-state index is 14.8. The van der Waals surface area contributed by atoms with E-state index < -0.39 is 11.6 Å². The number of rotatable bonds is 4. The van der Waals surface area contributed by atoms with Crippen molar-refractivity contribution in [1.82, 2.24) is 0 Å². The summed E-state index contributed by atoms with van der Waals surface area (Å²) in [5.41, 5.74) is 2.43. The van der Waals surface area contributed by atoms with Gasteiger partial charge in [-0.1, -0.05) is 50.0 Å². The molecule has 0 unspecified atom stereocenters. The average molecular weight is 352 g/mol. The zero-order chi connectivity index (χ0) is 18.5. The van der Waals surface area contributed by atoms with Crippen LogP contribution in [0.5, 0.6) is 0 Å². The normalized spacial score (nSPS) is 19.7. The molecule has 1 aliphatic carbocycles. The summed E-state index contributed by atoms with van der Waals surface area (Å²) in [6.07, 6.45) is 6.63. The van der Waals surface area contributed by atoms with Gasteiger partial charge >= 0.3 is 0 Å². The van der Waals surface area contributed by atoms with E-state index in [1.807, 2.05) is 12.1 Å². The molecule has 1 fully saturated rings. The molecule has 0 bridgehead atoms. The number of hydrogen-bond acceptors (Lipinski definition) is 0. The summed E-state index contributed by atoms with van der Waals surface area (Å²) in [4.78, 5) is 0. The van der Waals surface area contributed by atoms with Crippen molar-refractivity contribution < 1.29 is 8.78 Å². The lowest BCUT2D eigenvalue weighted by molar-refractivity contribution is 0.303. The Labute approximate surface area is 155 Å². The molecular weight excluding hydrogens is 326 g/mol. The Kier molecular flexibility index (Phi) is 6.09. The fraction of sp³-hybridized carbons (Fsp3) is 0.417. The van der Waals surface area contributed by atoms with Crippen LogP contribution in [-0.2, 0) is 0 Å². The van der Waals surface area contributed by atoms with Crippen LogP contribution in [0.3, 0.4) is 0 Å². The summed E-state index contributed by atoms with van der Waals surface area (Å²) in [5.74, 6) is 5.30.